The molecule has 0 bridgehead atoms. The van der Waals surface area contributed by atoms with E-state index in [-0.39, 0.29) is 0 Å². The van der Waals surface area contributed by atoms with E-state index in [1.807, 2.05) is 11.3 Å². The summed E-state index contributed by atoms with van der Waals surface area (Å²) in [5, 5.41) is 5.87. The Morgan fingerprint density at radius 2 is 2.12 bits per heavy atom. The molecule has 0 saturated heterocycles. The van der Waals surface area contributed by atoms with Crippen molar-refractivity contribution in [3.8, 4) is 0 Å². The first-order chi connectivity index (χ1) is 8.24. The summed E-state index contributed by atoms with van der Waals surface area (Å²) >= 11 is 4.28. The molecular formula is C14H22INS. The number of halogens is 1. The zero-order valence-corrected chi connectivity index (χ0v) is 13.7. The highest BCUT2D eigenvalue weighted by molar-refractivity contribution is 14.1. The van der Waals surface area contributed by atoms with Crippen LogP contribution in [0.25, 0.3) is 0 Å². The van der Waals surface area contributed by atoms with E-state index in [9.17, 15) is 0 Å². The second kappa shape index (κ2) is 6.53. The Bertz CT molecular complexity index is 342. The van der Waals surface area contributed by atoms with Gasteiger partial charge in [0.2, 0.25) is 0 Å². The minimum Gasteiger partial charge on any atom is -0.313 e. The van der Waals surface area contributed by atoms with Gasteiger partial charge in [0.25, 0.3) is 0 Å². The maximum absolute atomic E-state index is 3.54. The molecule has 1 aromatic rings. The van der Waals surface area contributed by atoms with Gasteiger partial charge in [0.1, 0.15) is 0 Å². The van der Waals surface area contributed by atoms with Crippen molar-refractivity contribution >= 4 is 33.9 Å². The van der Waals surface area contributed by atoms with Crippen LogP contribution < -0.4 is 5.32 Å². The third-order valence-electron chi connectivity index (χ3n) is 4.20. The predicted molar refractivity (Wildman–Crippen MR) is 84.6 cm³/mol. The van der Waals surface area contributed by atoms with Gasteiger partial charge in [-0.1, -0.05) is 26.2 Å². The van der Waals surface area contributed by atoms with Gasteiger partial charge in [0.15, 0.2) is 0 Å². The quantitative estimate of drug-likeness (QED) is 0.756. The summed E-state index contributed by atoms with van der Waals surface area (Å²) in [5.74, 6) is 1.83. The Labute approximate surface area is 123 Å². The average Bonchev–Trinajstić information content (AvgIpc) is 2.78. The normalized spacial score (nSPS) is 27.0. The lowest BCUT2D eigenvalue weighted by Crippen LogP contribution is -2.28. The van der Waals surface area contributed by atoms with Crippen LogP contribution in [0.5, 0.6) is 0 Å². The molecule has 2 rings (SSSR count). The summed E-state index contributed by atoms with van der Waals surface area (Å²) in [6.45, 7) is 2.34. The summed E-state index contributed by atoms with van der Waals surface area (Å²) in [5.41, 5.74) is 1.50. The van der Waals surface area contributed by atoms with Crippen LogP contribution in [0.4, 0.5) is 0 Å². The smallest absolute Gasteiger partial charge is 0.0656 e. The van der Waals surface area contributed by atoms with Crippen LogP contribution in [0.3, 0.4) is 0 Å². The van der Waals surface area contributed by atoms with Crippen molar-refractivity contribution in [1.82, 2.24) is 5.32 Å². The molecule has 1 aliphatic carbocycles. The van der Waals surface area contributed by atoms with Crippen molar-refractivity contribution in [1.29, 1.82) is 0 Å². The third kappa shape index (κ3) is 3.44. The zero-order valence-electron chi connectivity index (χ0n) is 10.7. The highest BCUT2D eigenvalue weighted by atomic mass is 127. The Kier molecular flexibility index (Phi) is 5.30. The van der Waals surface area contributed by atoms with E-state index in [0.29, 0.717) is 6.04 Å². The highest BCUT2D eigenvalue weighted by Crippen LogP contribution is 2.38. The van der Waals surface area contributed by atoms with E-state index >= 15 is 0 Å². The van der Waals surface area contributed by atoms with Gasteiger partial charge < -0.3 is 5.32 Å². The van der Waals surface area contributed by atoms with Gasteiger partial charge in [-0.05, 0) is 71.3 Å². The van der Waals surface area contributed by atoms with Gasteiger partial charge in [-0.25, -0.2) is 0 Å². The lowest BCUT2D eigenvalue weighted by Gasteiger charge is -2.33. The van der Waals surface area contributed by atoms with Crippen LogP contribution in [-0.2, 0) is 0 Å². The number of thiophene rings is 1. The van der Waals surface area contributed by atoms with E-state index < -0.39 is 0 Å². The van der Waals surface area contributed by atoms with Crippen molar-refractivity contribution < 1.29 is 0 Å². The number of rotatable bonds is 4. The Morgan fingerprint density at radius 1 is 1.41 bits per heavy atom. The summed E-state index contributed by atoms with van der Waals surface area (Å²) in [4.78, 5) is 0. The van der Waals surface area contributed by atoms with Crippen LogP contribution in [0, 0.1) is 14.7 Å². The first kappa shape index (κ1) is 13.8. The van der Waals surface area contributed by atoms with Gasteiger partial charge in [-0.2, -0.15) is 0 Å². The molecule has 1 fully saturated rings. The molecular weight excluding hydrogens is 341 g/mol. The van der Waals surface area contributed by atoms with E-state index in [4.69, 9.17) is 0 Å². The second-order valence-electron chi connectivity index (χ2n) is 5.14. The molecule has 0 aliphatic heterocycles. The molecule has 1 aliphatic rings. The SMILES string of the molecule is CCC1CCC(C(NC)c2csc(I)c2)CC1. The average molecular weight is 363 g/mol. The first-order valence-electron chi connectivity index (χ1n) is 6.65. The number of hydrogen-bond acceptors (Lipinski definition) is 2. The second-order valence-corrected chi connectivity index (χ2v) is 7.94. The molecule has 1 unspecified atom stereocenters. The lowest BCUT2D eigenvalue weighted by molar-refractivity contribution is 0.224. The number of hydrogen-bond donors (Lipinski definition) is 1. The molecule has 1 N–H and O–H groups in total. The molecule has 0 spiro atoms. The lowest BCUT2D eigenvalue weighted by atomic mass is 9.76. The molecule has 1 atom stereocenters. The van der Waals surface area contributed by atoms with Crippen molar-refractivity contribution in [3.63, 3.8) is 0 Å². The zero-order chi connectivity index (χ0) is 12.3. The maximum atomic E-state index is 3.54. The molecule has 1 nitrogen and oxygen atoms in total. The fraction of sp³-hybridized carbons (Fsp3) is 0.714. The molecule has 1 aromatic heterocycles. The monoisotopic (exact) mass is 363 g/mol. The molecule has 0 amide bonds. The maximum Gasteiger partial charge on any atom is 0.0656 e. The molecule has 0 radical (unpaired) electrons. The van der Waals surface area contributed by atoms with Gasteiger partial charge in [-0.3, -0.25) is 0 Å². The van der Waals surface area contributed by atoms with Crippen molar-refractivity contribution in [2.45, 2.75) is 45.1 Å². The first-order valence-corrected chi connectivity index (χ1v) is 8.61. The van der Waals surface area contributed by atoms with Gasteiger partial charge in [-0.15, -0.1) is 11.3 Å². The molecule has 1 saturated carbocycles. The number of nitrogens with one attached hydrogen (secondary N) is 1. The minimum atomic E-state index is 0.576. The summed E-state index contributed by atoms with van der Waals surface area (Å²) in [6.07, 6.45) is 7.03. The molecule has 3 heteroatoms. The van der Waals surface area contributed by atoms with E-state index in [1.54, 1.807) is 0 Å². The fourth-order valence-corrected chi connectivity index (χ4v) is 4.50. The van der Waals surface area contributed by atoms with Crippen molar-refractivity contribution in [3.05, 3.63) is 19.9 Å². The molecule has 0 aromatic carbocycles. The topological polar surface area (TPSA) is 12.0 Å². The fourth-order valence-electron chi connectivity index (χ4n) is 3.09. The van der Waals surface area contributed by atoms with Crippen molar-refractivity contribution in [2.75, 3.05) is 7.05 Å². The third-order valence-corrected chi connectivity index (χ3v) is 6.01. The van der Waals surface area contributed by atoms with Gasteiger partial charge >= 0.3 is 0 Å². The van der Waals surface area contributed by atoms with Crippen molar-refractivity contribution in [2.24, 2.45) is 11.8 Å². The predicted octanol–water partition coefficient (Wildman–Crippen LogP) is 4.83. The summed E-state index contributed by atoms with van der Waals surface area (Å²) in [6, 6.07) is 2.92. The molecule has 1 heterocycles. The summed E-state index contributed by atoms with van der Waals surface area (Å²) in [7, 11) is 2.11. The molecule has 17 heavy (non-hydrogen) atoms. The van der Waals surface area contributed by atoms with Crippen LogP contribution in [0.15, 0.2) is 11.4 Å². The highest BCUT2D eigenvalue weighted by Gasteiger charge is 2.27. The Balaban J connectivity index is 2.00. The summed E-state index contributed by atoms with van der Waals surface area (Å²) < 4.78 is 1.40. The molecule has 96 valence electrons. The van der Waals surface area contributed by atoms with Crippen LogP contribution in [0.2, 0.25) is 0 Å². The minimum absolute atomic E-state index is 0.576. The van der Waals surface area contributed by atoms with Gasteiger partial charge in [0, 0.05) is 6.04 Å². The Morgan fingerprint density at radius 3 is 2.59 bits per heavy atom. The van der Waals surface area contributed by atoms with Crippen LogP contribution in [-0.4, -0.2) is 7.05 Å². The van der Waals surface area contributed by atoms with Crippen LogP contribution in [0.1, 0.15) is 50.6 Å². The van der Waals surface area contributed by atoms with E-state index in [1.165, 1.54) is 40.6 Å². The van der Waals surface area contributed by atoms with Crippen LogP contribution >= 0.6 is 33.9 Å². The van der Waals surface area contributed by atoms with Gasteiger partial charge in [0.05, 0.1) is 2.88 Å². The standard InChI is InChI=1S/C14H22INS/c1-3-10-4-6-11(7-5-10)14(16-2)12-8-13(15)17-9-12/h8-11,14,16H,3-7H2,1-2H3. The van der Waals surface area contributed by atoms with E-state index in [0.717, 1.165) is 11.8 Å². The largest absolute Gasteiger partial charge is 0.313 e. The van der Waals surface area contributed by atoms with E-state index in [2.05, 4.69) is 53.3 Å². The Hall–Kier alpha value is 0.390.